The minimum atomic E-state index is 0.487. The number of rotatable bonds is 6. The fraction of sp³-hybridized carbons (Fsp3) is 0.471. The predicted octanol–water partition coefficient (Wildman–Crippen LogP) is 3.22. The zero-order valence-corrected chi connectivity index (χ0v) is 12.3. The van der Waals surface area contributed by atoms with Crippen LogP contribution in [0.2, 0.25) is 0 Å². The van der Waals surface area contributed by atoms with Gasteiger partial charge >= 0.3 is 0 Å². The lowest BCUT2D eigenvalue weighted by molar-refractivity contribution is 0.479. The van der Waals surface area contributed by atoms with E-state index in [2.05, 4.69) is 53.9 Å². The molecule has 1 saturated carbocycles. The van der Waals surface area contributed by atoms with Crippen molar-refractivity contribution in [2.45, 2.75) is 38.8 Å². The predicted molar refractivity (Wildman–Crippen MR) is 81.3 cm³/mol. The highest BCUT2D eigenvalue weighted by atomic mass is 15.3. The zero-order valence-electron chi connectivity index (χ0n) is 12.3. The van der Waals surface area contributed by atoms with Crippen LogP contribution in [0, 0.1) is 5.92 Å². The Bertz CT molecular complexity index is 555. The third-order valence-corrected chi connectivity index (χ3v) is 4.09. The minimum Gasteiger partial charge on any atom is -0.305 e. The molecule has 1 atom stereocenters. The van der Waals surface area contributed by atoms with Gasteiger partial charge < -0.3 is 5.32 Å². The summed E-state index contributed by atoms with van der Waals surface area (Å²) in [6.45, 7) is 3.08. The molecule has 0 spiro atoms. The molecule has 1 aliphatic carbocycles. The SMILES string of the molecule is CCc1nn(C)cc1CNC(c1ccccc1)C1CC1. The van der Waals surface area contributed by atoms with Crippen molar-refractivity contribution in [3.05, 3.63) is 53.3 Å². The van der Waals surface area contributed by atoms with Crippen LogP contribution in [-0.4, -0.2) is 9.78 Å². The van der Waals surface area contributed by atoms with Gasteiger partial charge in [0.25, 0.3) is 0 Å². The molecule has 1 fully saturated rings. The van der Waals surface area contributed by atoms with Gasteiger partial charge in [0.15, 0.2) is 0 Å². The molecule has 1 heterocycles. The van der Waals surface area contributed by atoms with E-state index in [1.807, 2.05) is 11.7 Å². The number of aromatic nitrogens is 2. The molecule has 0 saturated heterocycles. The molecule has 1 aromatic carbocycles. The molecule has 3 rings (SSSR count). The molecule has 1 unspecified atom stereocenters. The van der Waals surface area contributed by atoms with E-state index < -0.39 is 0 Å². The summed E-state index contributed by atoms with van der Waals surface area (Å²) in [6.07, 6.45) is 5.83. The van der Waals surface area contributed by atoms with Crippen molar-refractivity contribution >= 4 is 0 Å². The lowest BCUT2D eigenvalue weighted by atomic mass is 10.0. The van der Waals surface area contributed by atoms with Crippen molar-refractivity contribution in [3.8, 4) is 0 Å². The average Bonchev–Trinajstić information content (AvgIpc) is 3.24. The summed E-state index contributed by atoms with van der Waals surface area (Å²) >= 11 is 0. The Hall–Kier alpha value is -1.61. The quantitative estimate of drug-likeness (QED) is 0.872. The molecule has 0 radical (unpaired) electrons. The second-order valence-corrected chi connectivity index (χ2v) is 5.73. The maximum Gasteiger partial charge on any atom is 0.0666 e. The molecule has 1 aromatic heterocycles. The lowest BCUT2D eigenvalue weighted by Crippen LogP contribution is -2.23. The van der Waals surface area contributed by atoms with Crippen molar-refractivity contribution in [3.63, 3.8) is 0 Å². The van der Waals surface area contributed by atoms with E-state index in [9.17, 15) is 0 Å². The standard InChI is InChI=1S/C17H23N3/c1-3-16-15(12-20(2)19-16)11-18-17(14-9-10-14)13-7-5-4-6-8-13/h4-8,12,14,17-18H,3,9-11H2,1-2H3. The Kier molecular flexibility index (Phi) is 3.88. The van der Waals surface area contributed by atoms with Crippen LogP contribution in [0.1, 0.15) is 42.6 Å². The first-order chi connectivity index (χ1) is 9.78. The van der Waals surface area contributed by atoms with Gasteiger partial charge in [0.05, 0.1) is 5.69 Å². The largest absolute Gasteiger partial charge is 0.305 e. The molecule has 0 aliphatic heterocycles. The topological polar surface area (TPSA) is 29.9 Å². The van der Waals surface area contributed by atoms with Crippen molar-refractivity contribution in [2.75, 3.05) is 0 Å². The smallest absolute Gasteiger partial charge is 0.0666 e. The summed E-state index contributed by atoms with van der Waals surface area (Å²) in [5.41, 5.74) is 3.95. The van der Waals surface area contributed by atoms with Crippen LogP contribution in [0.25, 0.3) is 0 Å². The van der Waals surface area contributed by atoms with Crippen LogP contribution >= 0.6 is 0 Å². The zero-order chi connectivity index (χ0) is 13.9. The van der Waals surface area contributed by atoms with Gasteiger partial charge in [-0.15, -0.1) is 0 Å². The molecular weight excluding hydrogens is 246 g/mol. The summed E-state index contributed by atoms with van der Waals surface area (Å²) < 4.78 is 1.92. The maximum atomic E-state index is 4.52. The number of nitrogens with zero attached hydrogens (tertiary/aromatic N) is 2. The number of hydrogen-bond donors (Lipinski definition) is 1. The second kappa shape index (κ2) is 5.80. The van der Waals surface area contributed by atoms with Gasteiger partial charge in [0.1, 0.15) is 0 Å². The Morgan fingerprint density at radius 2 is 2.05 bits per heavy atom. The van der Waals surface area contributed by atoms with Gasteiger partial charge in [-0.1, -0.05) is 37.3 Å². The summed E-state index contributed by atoms with van der Waals surface area (Å²) in [7, 11) is 2.00. The van der Waals surface area contributed by atoms with Gasteiger partial charge in [0, 0.05) is 31.4 Å². The molecule has 20 heavy (non-hydrogen) atoms. The summed E-state index contributed by atoms with van der Waals surface area (Å²) in [4.78, 5) is 0. The first-order valence-corrected chi connectivity index (χ1v) is 7.57. The van der Waals surface area contributed by atoms with E-state index in [1.165, 1.54) is 29.7 Å². The Morgan fingerprint density at radius 1 is 1.30 bits per heavy atom. The molecule has 1 aliphatic rings. The molecule has 2 aromatic rings. The molecule has 106 valence electrons. The van der Waals surface area contributed by atoms with Crippen molar-refractivity contribution in [1.29, 1.82) is 0 Å². The van der Waals surface area contributed by atoms with Crippen LogP contribution in [-0.2, 0) is 20.0 Å². The third kappa shape index (κ3) is 2.93. The van der Waals surface area contributed by atoms with Crippen molar-refractivity contribution in [1.82, 2.24) is 15.1 Å². The molecule has 1 N–H and O–H groups in total. The van der Waals surface area contributed by atoms with Crippen LogP contribution in [0.15, 0.2) is 36.5 Å². The molecule has 0 bridgehead atoms. The van der Waals surface area contributed by atoms with Gasteiger partial charge in [-0.05, 0) is 30.7 Å². The van der Waals surface area contributed by atoms with Gasteiger partial charge in [-0.25, -0.2) is 0 Å². The van der Waals surface area contributed by atoms with Crippen molar-refractivity contribution in [2.24, 2.45) is 13.0 Å². The molecule has 0 amide bonds. The first-order valence-electron chi connectivity index (χ1n) is 7.57. The normalized spacial score (nSPS) is 16.3. The number of benzene rings is 1. The molecule has 3 nitrogen and oxygen atoms in total. The highest BCUT2D eigenvalue weighted by Crippen LogP contribution is 2.41. The van der Waals surface area contributed by atoms with Crippen LogP contribution in [0.5, 0.6) is 0 Å². The van der Waals surface area contributed by atoms with Crippen LogP contribution in [0.3, 0.4) is 0 Å². The van der Waals surface area contributed by atoms with Crippen molar-refractivity contribution < 1.29 is 0 Å². The Morgan fingerprint density at radius 3 is 2.70 bits per heavy atom. The van der Waals surface area contributed by atoms with E-state index in [0.29, 0.717) is 6.04 Å². The van der Waals surface area contributed by atoms with E-state index in [1.54, 1.807) is 0 Å². The number of nitrogens with one attached hydrogen (secondary N) is 1. The fourth-order valence-corrected chi connectivity index (χ4v) is 2.90. The highest BCUT2D eigenvalue weighted by Gasteiger charge is 2.31. The highest BCUT2D eigenvalue weighted by molar-refractivity contribution is 5.22. The van der Waals surface area contributed by atoms with E-state index >= 15 is 0 Å². The Balaban J connectivity index is 1.71. The van der Waals surface area contributed by atoms with Gasteiger partial charge in [0.2, 0.25) is 0 Å². The average molecular weight is 269 g/mol. The summed E-state index contributed by atoms with van der Waals surface area (Å²) in [5, 5.41) is 8.27. The minimum absolute atomic E-state index is 0.487. The summed E-state index contributed by atoms with van der Waals surface area (Å²) in [5.74, 6) is 0.805. The molecular formula is C17H23N3. The first kappa shape index (κ1) is 13.4. The number of aryl methyl sites for hydroxylation is 2. The fourth-order valence-electron chi connectivity index (χ4n) is 2.90. The maximum absolute atomic E-state index is 4.52. The van der Waals surface area contributed by atoms with Crippen LogP contribution in [0.4, 0.5) is 0 Å². The Labute approximate surface area is 121 Å². The van der Waals surface area contributed by atoms with E-state index in [4.69, 9.17) is 0 Å². The lowest BCUT2D eigenvalue weighted by Gasteiger charge is -2.18. The monoisotopic (exact) mass is 269 g/mol. The van der Waals surface area contributed by atoms with E-state index in [0.717, 1.165) is 18.9 Å². The van der Waals surface area contributed by atoms with Crippen LogP contribution < -0.4 is 5.32 Å². The second-order valence-electron chi connectivity index (χ2n) is 5.73. The van der Waals surface area contributed by atoms with E-state index in [-0.39, 0.29) is 0 Å². The van der Waals surface area contributed by atoms with Gasteiger partial charge in [-0.3, -0.25) is 4.68 Å². The summed E-state index contributed by atoms with van der Waals surface area (Å²) in [6, 6.07) is 11.3. The third-order valence-electron chi connectivity index (χ3n) is 4.09. The number of hydrogen-bond acceptors (Lipinski definition) is 2. The molecule has 3 heteroatoms. The van der Waals surface area contributed by atoms with Gasteiger partial charge in [-0.2, -0.15) is 5.10 Å².